The van der Waals surface area contributed by atoms with Gasteiger partial charge in [-0.3, -0.25) is 9.59 Å². The van der Waals surface area contributed by atoms with Crippen molar-refractivity contribution in [1.29, 1.82) is 0 Å². The molecule has 3 N–H and O–H groups in total. The Morgan fingerprint density at radius 2 is 1.85 bits per heavy atom. The average molecular weight is 293 g/mol. The van der Waals surface area contributed by atoms with Gasteiger partial charge in [-0.2, -0.15) is 0 Å². The number of primary amides is 1. The second kappa shape index (κ2) is 5.71. The molecule has 0 radical (unpaired) electrons. The van der Waals surface area contributed by atoms with Gasteiger partial charge in [-0.1, -0.05) is 23.7 Å². The van der Waals surface area contributed by atoms with Crippen LogP contribution in [0.3, 0.4) is 0 Å². The summed E-state index contributed by atoms with van der Waals surface area (Å²) >= 11 is 5.80. The summed E-state index contributed by atoms with van der Waals surface area (Å²) in [5.41, 5.74) is 5.45. The van der Waals surface area contributed by atoms with Gasteiger partial charge >= 0.3 is 0 Å². The number of amides is 2. The van der Waals surface area contributed by atoms with Gasteiger partial charge in [0, 0.05) is 11.3 Å². The van der Waals surface area contributed by atoms with E-state index in [-0.39, 0.29) is 16.1 Å². The first kappa shape index (κ1) is 14.0. The molecule has 20 heavy (non-hydrogen) atoms. The molecule has 2 amide bonds. The lowest BCUT2D eigenvalue weighted by Gasteiger charge is -2.08. The van der Waals surface area contributed by atoms with E-state index < -0.39 is 17.6 Å². The largest absolute Gasteiger partial charge is 0.366 e. The Hall–Kier alpha value is -2.40. The topological polar surface area (TPSA) is 72.2 Å². The van der Waals surface area contributed by atoms with Crippen LogP contribution in [0.15, 0.2) is 42.5 Å². The van der Waals surface area contributed by atoms with Crippen LogP contribution in [0.1, 0.15) is 20.7 Å². The number of benzene rings is 2. The summed E-state index contributed by atoms with van der Waals surface area (Å²) in [5.74, 6) is -2.04. The number of carbonyl (C=O) groups is 2. The minimum Gasteiger partial charge on any atom is -0.366 e. The molecule has 0 aromatic heterocycles. The molecule has 2 aromatic carbocycles. The molecular weight excluding hydrogens is 283 g/mol. The van der Waals surface area contributed by atoms with E-state index in [1.54, 1.807) is 12.1 Å². The third-order valence-electron chi connectivity index (χ3n) is 2.59. The quantitative estimate of drug-likeness (QED) is 0.913. The Bertz CT molecular complexity index is 668. The number of halogens is 2. The molecule has 2 rings (SSSR count). The van der Waals surface area contributed by atoms with Crippen molar-refractivity contribution in [2.24, 2.45) is 5.73 Å². The summed E-state index contributed by atoms with van der Waals surface area (Å²) in [6.45, 7) is 0. The first-order chi connectivity index (χ1) is 9.49. The molecule has 4 nitrogen and oxygen atoms in total. The normalized spacial score (nSPS) is 10.1. The zero-order valence-electron chi connectivity index (χ0n) is 10.2. The summed E-state index contributed by atoms with van der Waals surface area (Å²) in [6, 6.07) is 9.98. The van der Waals surface area contributed by atoms with Gasteiger partial charge in [0.1, 0.15) is 5.82 Å². The van der Waals surface area contributed by atoms with Crippen LogP contribution in [0.2, 0.25) is 5.02 Å². The van der Waals surface area contributed by atoms with E-state index in [9.17, 15) is 14.0 Å². The van der Waals surface area contributed by atoms with Crippen molar-refractivity contribution in [2.75, 3.05) is 5.32 Å². The van der Waals surface area contributed by atoms with Crippen LogP contribution >= 0.6 is 11.6 Å². The summed E-state index contributed by atoms with van der Waals surface area (Å²) < 4.78 is 13.6. The molecule has 2 aromatic rings. The van der Waals surface area contributed by atoms with E-state index in [0.29, 0.717) is 5.69 Å². The number of nitrogens with two attached hydrogens (primary N) is 1. The van der Waals surface area contributed by atoms with E-state index in [0.717, 1.165) is 6.07 Å². The molecule has 0 aliphatic heterocycles. The lowest BCUT2D eigenvalue weighted by atomic mass is 10.1. The average Bonchev–Trinajstić information content (AvgIpc) is 2.38. The van der Waals surface area contributed by atoms with Gasteiger partial charge < -0.3 is 11.1 Å². The number of nitrogens with one attached hydrogen (secondary N) is 1. The molecule has 0 saturated heterocycles. The number of hydrogen-bond donors (Lipinski definition) is 2. The lowest BCUT2D eigenvalue weighted by molar-refractivity contribution is 0.0995. The summed E-state index contributed by atoms with van der Waals surface area (Å²) in [4.78, 5) is 23.0. The van der Waals surface area contributed by atoms with Crippen LogP contribution < -0.4 is 11.1 Å². The molecule has 6 heteroatoms. The first-order valence-electron chi connectivity index (χ1n) is 5.64. The minimum absolute atomic E-state index is 0.00792. The molecule has 0 atom stereocenters. The molecule has 0 unspecified atom stereocenters. The van der Waals surface area contributed by atoms with E-state index in [2.05, 4.69) is 5.32 Å². The Morgan fingerprint density at radius 3 is 2.50 bits per heavy atom. The van der Waals surface area contributed by atoms with Crippen molar-refractivity contribution in [3.63, 3.8) is 0 Å². The highest BCUT2D eigenvalue weighted by molar-refractivity contribution is 6.34. The van der Waals surface area contributed by atoms with E-state index in [1.165, 1.54) is 24.3 Å². The Balaban J connectivity index is 2.28. The fraction of sp³-hybridized carbons (Fsp3) is 0. The maximum absolute atomic E-state index is 13.6. The van der Waals surface area contributed by atoms with E-state index >= 15 is 0 Å². The molecule has 0 spiro atoms. The predicted molar refractivity (Wildman–Crippen MR) is 74.3 cm³/mol. The molecule has 0 heterocycles. The van der Waals surface area contributed by atoms with Crippen LogP contribution in [0.25, 0.3) is 0 Å². The third kappa shape index (κ3) is 2.95. The van der Waals surface area contributed by atoms with Crippen molar-refractivity contribution in [1.82, 2.24) is 0 Å². The number of carbonyl (C=O) groups excluding carboxylic acids is 2. The summed E-state index contributed by atoms with van der Waals surface area (Å²) in [6.07, 6.45) is 0. The van der Waals surface area contributed by atoms with Crippen molar-refractivity contribution in [2.45, 2.75) is 0 Å². The maximum Gasteiger partial charge on any atom is 0.260 e. The molecule has 102 valence electrons. The standard InChI is InChI=1S/C14H10ClFN2O2/c15-10-5-2-6-11(16)12(10)14(20)18-9-4-1-3-8(7-9)13(17)19/h1-7H,(H2,17,19)(H,18,20). The van der Waals surface area contributed by atoms with Gasteiger partial charge in [-0.15, -0.1) is 0 Å². The van der Waals surface area contributed by atoms with Crippen molar-refractivity contribution < 1.29 is 14.0 Å². The van der Waals surface area contributed by atoms with E-state index in [1.807, 2.05) is 0 Å². The predicted octanol–water partition coefficient (Wildman–Crippen LogP) is 2.83. The zero-order chi connectivity index (χ0) is 14.7. The Kier molecular flexibility index (Phi) is 4.00. The SMILES string of the molecule is NC(=O)c1cccc(NC(=O)c2c(F)cccc2Cl)c1. The van der Waals surface area contributed by atoms with Crippen LogP contribution in [-0.2, 0) is 0 Å². The molecule has 0 fully saturated rings. The van der Waals surface area contributed by atoms with Gasteiger partial charge in [0.25, 0.3) is 5.91 Å². The fourth-order valence-corrected chi connectivity index (χ4v) is 1.91. The van der Waals surface area contributed by atoms with Crippen LogP contribution in [0.5, 0.6) is 0 Å². The maximum atomic E-state index is 13.6. The molecule has 0 bridgehead atoms. The summed E-state index contributed by atoms with van der Waals surface area (Å²) in [7, 11) is 0. The third-order valence-corrected chi connectivity index (χ3v) is 2.91. The minimum atomic E-state index is -0.721. The van der Waals surface area contributed by atoms with Gasteiger partial charge in [0.05, 0.1) is 10.6 Å². The Morgan fingerprint density at radius 1 is 1.15 bits per heavy atom. The second-order valence-electron chi connectivity index (χ2n) is 4.00. The van der Waals surface area contributed by atoms with E-state index in [4.69, 9.17) is 17.3 Å². The highest BCUT2D eigenvalue weighted by Crippen LogP contribution is 2.20. The fourth-order valence-electron chi connectivity index (χ4n) is 1.66. The first-order valence-corrected chi connectivity index (χ1v) is 6.02. The lowest BCUT2D eigenvalue weighted by Crippen LogP contribution is -2.16. The molecular formula is C14H10ClFN2O2. The van der Waals surface area contributed by atoms with Gasteiger partial charge in [-0.25, -0.2) is 4.39 Å². The number of hydrogen-bond acceptors (Lipinski definition) is 2. The smallest absolute Gasteiger partial charge is 0.260 e. The zero-order valence-corrected chi connectivity index (χ0v) is 10.9. The van der Waals surface area contributed by atoms with Gasteiger partial charge in [-0.05, 0) is 30.3 Å². The number of rotatable bonds is 3. The number of anilines is 1. The van der Waals surface area contributed by atoms with Gasteiger partial charge in [0.15, 0.2) is 0 Å². The second-order valence-corrected chi connectivity index (χ2v) is 4.40. The molecule has 0 aliphatic rings. The van der Waals surface area contributed by atoms with Crippen LogP contribution in [-0.4, -0.2) is 11.8 Å². The van der Waals surface area contributed by atoms with Crippen LogP contribution in [0, 0.1) is 5.82 Å². The van der Waals surface area contributed by atoms with Crippen molar-refractivity contribution in [3.05, 3.63) is 64.4 Å². The Labute approximate surface area is 119 Å². The summed E-state index contributed by atoms with van der Waals surface area (Å²) in [5, 5.41) is 2.47. The highest BCUT2D eigenvalue weighted by atomic mass is 35.5. The molecule has 0 aliphatic carbocycles. The van der Waals surface area contributed by atoms with Crippen molar-refractivity contribution >= 4 is 29.1 Å². The van der Waals surface area contributed by atoms with Crippen molar-refractivity contribution in [3.8, 4) is 0 Å². The monoisotopic (exact) mass is 292 g/mol. The highest BCUT2D eigenvalue weighted by Gasteiger charge is 2.16. The molecule has 0 saturated carbocycles. The van der Waals surface area contributed by atoms with Crippen LogP contribution in [0.4, 0.5) is 10.1 Å². The van der Waals surface area contributed by atoms with Gasteiger partial charge in [0.2, 0.25) is 5.91 Å².